The lowest BCUT2D eigenvalue weighted by atomic mass is 10.1. The molecule has 0 radical (unpaired) electrons. The SMILES string of the molecule is Cc1cccc(-c2c[nH]n(-c3cccc(C)c3)c2=O)c1. The molecular weight excluding hydrogens is 248 g/mol. The number of aromatic nitrogens is 2. The summed E-state index contributed by atoms with van der Waals surface area (Å²) in [4.78, 5) is 12.5. The van der Waals surface area contributed by atoms with Crippen LogP contribution >= 0.6 is 0 Å². The molecule has 0 spiro atoms. The lowest BCUT2D eigenvalue weighted by Gasteiger charge is -2.02. The highest BCUT2D eigenvalue weighted by Crippen LogP contribution is 2.17. The van der Waals surface area contributed by atoms with Crippen molar-refractivity contribution in [2.45, 2.75) is 13.8 Å². The van der Waals surface area contributed by atoms with Crippen LogP contribution in [0.25, 0.3) is 16.8 Å². The summed E-state index contributed by atoms with van der Waals surface area (Å²) in [5, 5.41) is 3.04. The molecule has 0 bridgehead atoms. The first-order valence-electron chi connectivity index (χ1n) is 6.60. The van der Waals surface area contributed by atoms with E-state index in [1.165, 1.54) is 0 Å². The highest BCUT2D eigenvalue weighted by atomic mass is 16.1. The predicted molar refractivity (Wildman–Crippen MR) is 81.3 cm³/mol. The summed E-state index contributed by atoms with van der Waals surface area (Å²) in [6.07, 6.45) is 1.76. The normalized spacial score (nSPS) is 10.7. The highest BCUT2D eigenvalue weighted by Gasteiger charge is 2.09. The highest BCUT2D eigenvalue weighted by molar-refractivity contribution is 5.63. The van der Waals surface area contributed by atoms with Crippen molar-refractivity contribution in [3.05, 3.63) is 76.2 Å². The molecule has 3 rings (SSSR count). The summed E-state index contributed by atoms with van der Waals surface area (Å²) in [5.41, 5.74) is 4.73. The van der Waals surface area contributed by atoms with Gasteiger partial charge in [0.15, 0.2) is 0 Å². The summed E-state index contributed by atoms with van der Waals surface area (Å²) >= 11 is 0. The van der Waals surface area contributed by atoms with Gasteiger partial charge >= 0.3 is 0 Å². The van der Waals surface area contributed by atoms with Gasteiger partial charge in [0.05, 0.1) is 11.3 Å². The fourth-order valence-electron chi connectivity index (χ4n) is 2.35. The number of hydrogen-bond donors (Lipinski definition) is 1. The van der Waals surface area contributed by atoms with Crippen LogP contribution in [0.15, 0.2) is 59.5 Å². The molecule has 0 aliphatic heterocycles. The second kappa shape index (κ2) is 4.85. The molecule has 1 aromatic heterocycles. The first kappa shape index (κ1) is 12.5. The Morgan fingerprint density at radius 1 is 0.950 bits per heavy atom. The van der Waals surface area contributed by atoms with Crippen LogP contribution in [0.1, 0.15) is 11.1 Å². The molecule has 3 heteroatoms. The largest absolute Gasteiger partial charge is 0.298 e. The molecule has 0 amide bonds. The molecule has 0 saturated carbocycles. The van der Waals surface area contributed by atoms with E-state index >= 15 is 0 Å². The van der Waals surface area contributed by atoms with Crippen LogP contribution in [-0.4, -0.2) is 9.78 Å². The third-order valence-corrected chi connectivity index (χ3v) is 3.36. The van der Waals surface area contributed by atoms with Gasteiger partial charge in [-0.25, -0.2) is 4.68 Å². The maximum atomic E-state index is 12.5. The maximum Gasteiger partial charge on any atom is 0.279 e. The number of aromatic amines is 1. The summed E-state index contributed by atoms with van der Waals surface area (Å²) < 4.78 is 1.57. The van der Waals surface area contributed by atoms with Gasteiger partial charge in [-0.15, -0.1) is 0 Å². The van der Waals surface area contributed by atoms with Gasteiger partial charge in [-0.3, -0.25) is 9.89 Å². The van der Waals surface area contributed by atoms with Gasteiger partial charge < -0.3 is 0 Å². The Morgan fingerprint density at radius 2 is 1.65 bits per heavy atom. The minimum Gasteiger partial charge on any atom is -0.298 e. The van der Waals surface area contributed by atoms with E-state index in [9.17, 15) is 4.79 Å². The quantitative estimate of drug-likeness (QED) is 0.756. The molecule has 3 aromatic rings. The molecule has 2 aromatic carbocycles. The molecule has 3 nitrogen and oxygen atoms in total. The minimum absolute atomic E-state index is 0.0267. The summed E-state index contributed by atoms with van der Waals surface area (Å²) in [5.74, 6) is 0. The van der Waals surface area contributed by atoms with Crippen LogP contribution < -0.4 is 5.56 Å². The Labute approximate surface area is 117 Å². The van der Waals surface area contributed by atoms with E-state index in [1.54, 1.807) is 10.9 Å². The van der Waals surface area contributed by atoms with Crippen molar-refractivity contribution in [3.8, 4) is 16.8 Å². The topological polar surface area (TPSA) is 37.8 Å². The standard InChI is InChI=1S/C17H16N2O/c1-12-5-3-7-14(9-12)16-11-18-19(17(16)20)15-8-4-6-13(2)10-15/h3-11,18H,1-2H3. The van der Waals surface area contributed by atoms with E-state index in [0.29, 0.717) is 5.56 Å². The fraction of sp³-hybridized carbons (Fsp3) is 0.118. The predicted octanol–water partition coefficient (Wildman–Crippen LogP) is 3.45. The molecule has 20 heavy (non-hydrogen) atoms. The van der Waals surface area contributed by atoms with E-state index in [-0.39, 0.29) is 5.56 Å². The Bertz CT molecular complexity index is 746. The molecule has 0 aliphatic carbocycles. The van der Waals surface area contributed by atoms with Crippen molar-refractivity contribution in [1.82, 2.24) is 9.78 Å². The number of nitrogens with one attached hydrogen (secondary N) is 1. The molecule has 1 heterocycles. The minimum atomic E-state index is -0.0267. The van der Waals surface area contributed by atoms with Crippen molar-refractivity contribution < 1.29 is 0 Å². The summed E-state index contributed by atoms with van der Waals surface area (Å²) in [6.45, 7) is 4.04. The van der Waals surface area contributed by atoms with Gasteiger partial charge in [0.2, 0.25) is 0 Å². The summed E-state index contributed by atoms with van der Waals surface area (Å²) in [7, 11) is 0. The second-order valence-corrected chi connectivity index (χ2v) is 5.04. The van der Waals surface area contributed by atoms with Crippen molar-refractivity contribution in [2.75, 3.05) is 0 Å². The Hall–Kier alpha value is -2.55. The van der Waals surface area contributed by atoms with Crippen LogP contribution in [0, 0.1) is 13.8 Å². The molecule has 0 aliphatic rings. The lowest BCUT2D eigenvalue weighted by Crippen LogP contribution is -2.15. The number of rotatable bonds is 2. The van der Waals surface area contributed by atoms with Crippen LogP contribution in [0.5, 0.6) is 0 Å². The zero-order chi connectivity index (χ0) is 14.1. The average molecular weight is 264 g/mol. The second-order valence-electron chi connectivity index (χ2n) is 5.04. The van der Waals surface area contributed by atoms with Gasteiger partial charge in [0, 0.05) is 6.20 Å². The number of H-pyrrole nitrogens is 1. The van der Waals surface area contributed by atoms with Gasteiger partial charge in [0.25, 0.3) is 5.56 Å². The molecule has 1 N–H and O–H groups in total. The molecule has 0 atom stereocenters. The van der Waals surface area contributed by atoms with E-state index in [2.05, 4.69) is 5.10 Å². The summed E-state index contributed by atoms with van der Waals surface area (Å²) in [6, 6.07) is 15.8. The van der Waals surface area contributed by atoms with Crippen LogP contribution in [-0.2, 0) is 0 Å². The van der Waals surface area contributed by atoms with Gasteiger partial charge in [-0.1, -0.05) is 42.0 Å². The molecule has 0 unspecified atom stereocenters. The molecule has 100 valence electrons. The van der Waals surface area contributed by atoms with E-state index < -0.39 is 0 Å². The van der Waals surface area contributed by atoms with E-state index in [4.69, 9.17) is 0 Å². The lowest BCUT2D eigenvalue weighted by molar-refractivity contribution is 0.848. The van der Waals surface area contributed by atoms with Gasteiger partial charge in [-0.05, 0) is 37.1 Å². The number of nitrogens with zero attached hydrogens (tertiary/aromatic N) is 1. The molecule has 0 fully saturated rings. The van der Waals surface area contributed by atoms with Crippen molar-refractivity contribution >= 4 is 0 Å². The van der Waals surface area contributed by atoms with E-state index in [1.807, 2.05) is 62.4 Å². The van der Waals surface area contributed by atoms with Gasteiger partial charge in [-0.2, -0.15) is 0 Å². The monoisotopic (exact) mass is 264 g/mol. The fourth-order valence-corrected chi connectivity index (χ4v) is 2.35. The van der Waals surface area contributed by atoms with Crippen molar-refractivity contribution in [3.63, 3.8) is 0 Å². The Kier molecular flexibility index (Phi) is 3.03. The number of aryl methyl sites for hydroxylation is 2. The Balaban J connectivity index is 2.12. The smallest absolute Gasteiger partial charge is 0.279 e. The molecule has 0 saturated heterocycles. The first-order valence-corrected chi connectivity index (χ1v) is 6.60. The number of benzene rings is 2. The first-order chi connectivity index (χ1) is 9.65. The van der Waals surface area contributed by atoms with Gasteiger partial charge in [0.1, 0.15) is 0 Å². The number of hydrogen-bond acceptors (Lipinski definition) is 1. The van der Waals surface area contributed by atoms with Crippen LogP contribution in [0.3, 0.4) is 0 Å². The molecular formula is C17H16N2O. The Morgan fingerprint density at radius 3 is 2.35 bits per heavy atom. The van der Waals surface area contributed by atoms with Crippen molar-refractivity contribution in [1.29, 1.82) is 0 Å². The van der Waals surface area contributed by atoms with E-state index in [0.717, 1.165) is 22.4 Å². The average Bonchev–Trinajstić information content (AvgIpc) is 2.80. The zero-order valence-electron chi connectivity index (χ0n) is 11.6. The third-order valence-electron chi connectivity index (χ3n) is 3.36. The van der Waals surface area contributed by atoms with Crippen LogP contribution in [0.2, 0.25) is 0 Å². The zero-order valence-corrected chi connectivity index (χ0v) is 11.6. The third kappa shape index (κ3) is 2.18. The van der Waals surface area contributed by atoms with Crippen molar-refractivity contribution in [2.24, 2.45) is 0 Å². The van der Waals surface area contributed by atoms with Crippen LogP contribution in [0.4, 0.5) is 0 Å². The maximum absolute atomic E-state index is 12.5.